The van der Waals surface area contributed by atoms with Crippen LogP contribution >= 0.6 is 0 Å². The standard InChI is InChI=1S/C24H31N5O2/c30-23(29-17-15-28(16-18-29)22-11-4-5-13-25-22)12-14-26-24(31)27-21-10-6-9-20(21)19-7-2-1-3-8-19/h1-5,7-8,11,13,20-21H,6,9-10,12,14-18H2,(H2,26,27,31)/t20-,21-/m1/s1. The second kappa shape index (κ2) is 10.3. The molecule has 2 atom stereocenters. The second-order valence-corrected chi connectivity index (χ2v) is 8.26. The summed E-state index contributed by atoms with van der Waals surface area (Å²) in [4.78, 5) is 33.3. The Kier molecular flexibility index (Phi) is 7.02. The molecule has 0 spiro atoms. The molecule has 1 saturated carbocycles. The van der Waals surface area contributed by atoms with Gasteiger partial charge in [0.2, 0.25) is 5.91 Å². The summed E-state index contributed by atoms with van der Waals surface area (Å²) >= 11 is 0. The zero-order valence-corrected chi connectivity index (χ0v) is 17.9. The van der Waals surface area contributed by atoms with Crippen LogP contribution in [0.1, 0.15) is 37.2 Å². The van der Waals surface area contributed by atoms with Gasteiger partial charge in [0.25, 0.3) is 0 Å². The molecule has 2 aliphatic rings. The predicted molar refractivity (Wildman–Crippen MR) is 121 cm³/mol. The zero-order chi connectivity index (χ0) is 21.5. The molecular formula is C24H31N5O2. The van der Waals surface area contributed by atoms with Crippen molar-refractivity contribution in [3.63, 3.8) is 0 Å². The SMILES string of the molecule is O=C(NCCC(=O)N1CCN(c2ccccn2)CC1)N[C@@H]1CCC[C@@H]1c1ccccc1. The first-order valence-electron chi connectivity index (χ1n) is 11.2. The molecule has 0 bridgehead atoms. The minimum Gasteiger partial charge on any atom is -0.353 e. The molecule has 7 nitrogen and oxygen atoms in total. The average molecular weight is 422 g/mol. The molecule has 164 valence electrons. The lowest BCUT2D eigenvalue weighted by atomic mass is 9.94. The Labute approximate surface area is 183 Å². The van der Waals surface area contributed by atoms with E-state index in [2.05, 4.69) is 32.7 Å². The van der Waals surface area contributed by atoms with Gasteiger partial charge in [-0.2, -0.15) is 0 Å². The highest BCUT2D eigenvalue weighted by atomic mass is 16.2. The van der Waals surface area contributed by atoms with Crippen molar-refractivity contribution in [3.05, 3.63) is 60.3 Å². The number of hydrogen-bond acceptors (Lipinski definition) is 4. The van der Waals surface area contributed by atoms with Crippen LogP contribution in [-0.2, 0) is 4.79 Å². The molecule has 0 unspecified atom stereocenters. The maximum atomic E-state index is 12.5. The Bertz CT molecular complexity index is 853. The number of aromatic nitrogens is 1. The number of piperazine rings is 1. The number of urea groups is 1. The molecule has 2 fully saturated rings. The van der Waals surface area contributed by atoms with Crippen LogP contribution in [0, 0.1) is 0 Å². The first-order valence-corrected chi connectivity index (χ1v) is 11.2. The second-order valence-electron chi connectivity index (χ2n) is 8.26. The van der Waals surface area contributed by atoms with E-state index in [1.165, 1.54) is 5.56 Å². The Morgan fingerprint density at radius 1 is 0.968 bits per heavy atom. The first-order chi connectivity index (χ1) is 15.2. The van der Waals surface area contributed by atoms with Gasteiger partial charge < -0.3 is 20.4 Å². The quantitative estimate of drug-likeness (QED) is 0.752. The summed E-state index contributed by atoms with van der Waals surface area (Å²) in [5.41, 5.74) is 1.28. The molecule has 1 aliphatic heterocycles. The van der Waals surface area contributed by atoms with Crippen molar-refractivity contribution in [2.75, 3.05) is 37.6 Å². The summed E-state index contributed by atoms with van der Waals surface area (Å²) < 4.78 is 0. The molecule has 2 aromatic rings. The normalized spacial score (nSPS) is 21.0. The third kappa shape index (κ3) is 5.54. The highest BCUT2D eigenvalue weighted by molar-refractivity contribution is 5.78. The van der Waals surface area contributed by atoms with Gasteiger partial charge >= 0.3 is 6.03 Å². The Morgan fingerprint density at radius 2 is 1.74 bits per heavy atom. The van der Waals surface area contributed by atoms with Gasteiger partial charge in [-0.1, -0.05) is 42.8 Å². The number of pyridine rings is 1. The molecule has 4 rings (SSSR count). The van der Waals surface area contributed by atoms with Crippen molar-refractivity contribution < 1.29 is 9.59 Å². The molecule has 7 heteroatoms. The summed E-state index contributed by atoms with van der Waals surface area (Å²) in [6.45, 7) is 3.27. The topological polar surface area (TPSA) is 77.6 Å². The maximum Gasteiger partial charge on any atom is 0.315 e. The molecule has 2 heterocycles. The number of nitrogens with one attached hydrogen (secondary N) is 2. The van der Waals surface area contributed by atoms with Crippen LogP contribution in [0.25, 0.3) is 0 Å². The van der Waals surface area contributed by atoms with Crippen molar-refractivity contribution in [1.29, 1.82) is 0 Å². The summed E-state index contributed by atoms with van der Waals surface area (Å²) in [5, 5.41) is 5.98. The molecule has 31 heavy (non-hydrogen) atoms. The summed E-state index contributed by atoms with van der Waals surface area (Å²) in [6, 6.07) is 16.2. The van der Waals surface area contributed by atoms with Crippen LogP contribution in [0.3, 0.4) is 0 Å². The van der Waals surface area contributed by atoms with E-state index in [1.54, 1.807) is 6.20 Å². The number of rotatable bonds is 6. The van der Waals surface area contributed by atoms with Gasteiger partial charge in [-0.3, -0.25) is 4.79 Å². The fourth-order valence-electron chi connectivity index (χ4n) is 4.62. The number of nitrogens with zero attached hydrogens (tertiary/aromatic N) is 3. The van der Waals surface area contributed by atoms with Gasteiger partial charge in [-0.15, -0.1) is 0 Å². The minimum absolute atomic E-state index is 0.0870. The zero-order valence-electron chi connectivity index (χ0n) is 17.9. The van der Waals surface area contributed by atoms with Gasteiger partial charge in [-0.05, 0) is 30.5 Å². The summed E-state index contributed by atoms with van der Waals surface area (Å²) in [6.07, 6.45) is 5.32. The number of carbonyl (C=O) groups is 2. The van der Waals surface area contributed by atoms with Gasteiger partial charge in [0, 0.05) is 57.3 Å². The fraction of sp³-hybridized carbons (Fsp3) is 0.458. The van der Waals surface area contributed by atoms with Crippen LogP contribution in [0.2, 0.25) is 0 Å². The van der Waals surface area contributed by atoms with Gasteiger partial charge in [0.1, 0.15) is 5.82 Å². The molecule has 1 aromatic carbocycles. The lowest BCUT2D eigenvalue weighted by Gasteiger charge is -2.35. The third-order valence-corrected chi connectivity index (χ3v) is 6.29. The number of hydrogen-bond donors (Lipinski definition) is 2. The molecule has 2 N–H and O–H groups in total. The van der Waals surface area contributed by atoms with Crippen LogP contribution in [0.15, 0.2) is 54.7 Å². The molecule has 1 aromatic heterocycles. The molecule has 1 saturated heterocycles. The van der Waals surface area contributed by atoms with Crippen molar-refractivity contribution in [2.45, 2.75) is 37.6 Å². The number of anilines is 1. The van der Waals surface area contributed by atoms with Crippen molar-refractivity contribution in [1.82, 2.24) is 20.5 Å². The Balaban J connectivity index is 1.17. The van der Waals surface area contributed by atoms with E-state index in [0.29, 0.717) is 32.0 Å². The molecular weight excluding hydrogens is 390 g/mol. The van der Waals surface area contributed by atoms with Crippen molar-refractivity contribution in [3.8, 4) is 0 Å². The lowest BCUT2D eigenvalue weighted by Crippen LogP contribution is -2.50. The van der Waals surface area contributed by atoms with Crippen molar-refractivity contribution in [2.24, 2.45) is 0 Å². The Hall–Kier alpha value is -3.09. The molecule has 1 aliphatic carbocycles. The van der Waals surface area contributed by atoms with Gasteiger partial charge in [0.05, 0.1) is 0 Å². The van der Waals surface area contributed by atoms with E-state index in [-0.39, 0.29) is 18.0 Å². The molecule has 3 amide bonds. The number of carbonyl (C=O) groups excluding carboxylic acids is 2. The maximum absolute atomic E-state index is 12.5. The average Bonchev–Trinajstić information content (AvgIpc) is 3.28. The molecule has 0 radical (unpaired) electrons. The Morgan fingerprint density at radius 3 is 2.48 bits per heavy atom. The van der Waals surface area contributed by atoms with Crippen molar-refractivity contribution >= 4 is 17.8 Å². The van der Waals surface area contributed by atoms with Crippen LogP contribution in [0.4, 0.5) is 10.6 Å². The van der Waals surface area contributed by atoms with E-state index in [9.17, 15) is 9.59 Å². The van der Waals surface area contributed by atoms with Crippen LogP contribution < -0.4 is 15.5 Å². The summed E-state index contributed by atoms with van der Waals surface area (Å²) in [7, 11) is 0. The number of amides is 3. The third-order valence-electron chi connectivity index (χ3n) is 6.29. The summed E-state index contributed by atoms with van der Waals surface area (Å²) in [5.74, 6) is 1.40. The van der Waals surface area contributed by atoms with Gasteiger partial charge in [-0.25, -0.2) is 9.78 Å². The van der Waals surface area contributed by atoms with E-state index in [1.807, 2.05) is 41.3 Å². The minimum atomic E-state index is -0.180. The predicted octanol–water partition coefficient (Wildman–Crippen LogP) is 2.76. The highest BCUT2D eigenvalue weighted by Gasteiger charge is 2.29. The van der Waals surface area contributed by atoms with Crippen LogP contribution in [0.5, 0.6) is 0 Å². The van der Waals surface area contributed by atoms with E-state index in [4.69, 9.17) is 0 Å². The van der Waals surface area contributed by atoms with Crippen LogP contribution in [-0.4, -0.2) is 60.6 Å². The number of benzene rings is 1. The van der Waals surface area contributed by atoms with E-state index < -0.39 is 0 Å². The van der Waals surface area contributed by atoms with E-state index in [0.717, 1.165) is 38.2 Å². The fourth-order valence-corrected chi connectivity index (χ4v) is 4.62. The van der Waals surface area contributed by atoms with E-state index >= 15 is 0 Å². The largest absolute Gasteiger partial charge is 0.353 e. The highest BCUT2D eigenvalue weighted by Crippen LogP contribution is 2.34. The smallest absolute Gasteiger partial charge is 0.315 e. The lowest BCUT2D eigenvalue weighted by molar-refractivity contribution is -0.131. The van der Waals surface area contributed by atoms with Gasteiger partial charge in [0.15, 0.2) is 0 Å². The first kappa shape index (κ1) is 21.2. The monoisotopic (exact) mass is 421 g/mol.